The topological polar surface area (TPSA) is 62.7 Å². The smallest absolute Gasteiger partial charge is 0.308 e. The van der Waals surface area contributed by atoms with E-state index in [-0.39, 0.29) is 12.3 Å². The van der Waals surface area contributed by atoms with Gasteiger partial charge in [0.2, 0.25) is 0 Å². The summed E-state index contributed by atoms with van der Waals surface area (Å²) in [6, 6.07) is 13.4. The molecular weight excluding hydrogens is 455 g/mol. The minimum Gasteiger partial charge on any atom is -0.497 e. The van der Waals surface area contributed by atoms with E-state index in [0.29, 0.717) is 30.8 Å². The highest BCUT2D eigenvalue weighted by Gasteiger charge is 2.34. The van der Waals surface area contributed by atoms with Crippen LogP contribution in [0.4, 0.5) is 4.39 Å². The van der Waals surface area contributed by atoms with Gasteiger partial charge in [-0.05, 0) is 98.7 Å². The van der Waals surface area contributed by atoms with Gasteiger partial charge in [0.25, 0.3) is 0 Å². The third kappa shape index (κ3) is 6.22. The van der Waals surface area contributed by atoms with Crippen molar-refractivity contribution in [2.45, 2.75) is 39.3 Å². The van der Waals surface area contributed by atoms with Crippen LogP contribution in [0.25, 0.3) is 10.9 Å². The number of benzene rings is 2. The second kappa shape index (κ2) is 11.5. The first-order chi connectivity index (χ1) is 17.3. The number of likely N-dealkylation sites (tertiary alicyclic amines) is 1. The lowest BCUT2D eigenvalue weighted by Crippen LogP contribution is -2.44. The summed E-state index contributed by atoms with van der Waals surface area (Å²) in [6.07, 6.45) is 1.94. The molecule has 1 aliphatic heterocycles. The monoisotopic (exact) mass is 488 g/mol. The van der Waals surface area contributed by atoms with E-state index in [1.54, 1.807) is 19.4 Å². The predicted molar refractivity (Wildman–Crippen MR) is 140 cm³/mol. The molecule has 1 N–H and O–H groups in total. The van der Waals surface area contributed by atoms with E-state index in [1.807, 2.05) is 18.2 Å². The van der Waals surface area contributed by atoms with E-state index < -0.39 is 18.1 Å². The van der Waals surface area contributed by atoms with E-state index in [9.17, 15) is 9.90 Å². The average Bonchev–Trinajstić information content (AvgIpc) is 2.86. The lowest BCUT2D eigenvalue weighted by atomic mass is 9.81. The quantitative estimate of drug-likeness (QED) is 0.431. The SMILES string of the molecule is COc1ccc2nccc([C@H](F)CC[C@@H]3CCN(CC#Cc4cc(C)cc(C)c4)C[C@@H]3C(=O)O)c2c1. The number of pyridine rings is 1. The van der Waals surface area contributed by atoms with Gasteiger partial charge in [-0.15, -0.1) is 0 Å². The van der Waals surface area contributed by atoms with Crippen molar-refractivity contribution in [1.82, 2.24) is 9.88 Å². The molecule has 0 unspecified atom stereocenters. The van der Waals surface area contributed by atoms with Crippen LogP contribution in [0, 0.1) is 37.5 Å². The molecule has 2 heterocycles. The molecule has 1 aliphatic rings. The van der Waals surface area contributed by atoms with Gasteiger partial charge >= 0.3 is 5.97 Å². The van der Waals surface area contributed by atoms with Crippen molar-refractivity contribution in [2.75, 3.05) is 26.7 Å². The Morgan fingerprint density at radius 2 is 2.00 bits per heavy atom. The molecule has 3 aromatic rings. The maximum Gasteiger partial charge on any atom is 0.308 e. The highest BCUT2D eigenvalue weighted by Crippen LogP contribution is 2.35. The van der Waals surface area contributed by atoms with Gasteiger partial charge in [-0.25, -0.2) is 4.39 Å². The highest BCUT2D eigenvalue weighted by molar-refractivity contribution is 5.83. The first kappa shape index (κ1) is 25.7. The molecule has 1 saturated heterocycles. The molecule has 188 valence electrons. The maximum absolute atomic E-state index is 15.4. The van der Waals surface area contributed by atoms with Gasteiger partial charge in [-0.1, -0.05) is 17.9 Å². The third-order valence-electron chi connectivity index (χ3n) is 7.03. The van der Waals surface area contributed by atoms with Crippen molar-refractivity contribution in [3.8, 4) is 17.6 Å². The van der Waals surface area contributed by atoms with Crippen molar-refractivity contribution in [3.63, 3.8) is 0 Å². The number of piperidine rings is 1. The van der Waals surface area contributed by atoms with Gasteiger partial charge in [0.1, 0.15) is 11.9 Å². The Labute approximate surface area is 212 Å². The number of aliphatic carboxylic acids is 1. The Morgan fingerprint density at radius 3 is 2.72 bits per heavy atom. The molecule has 0 spiro atoms. The van der Waals surface area contributed by atoms with E-state index in [0.717, 1.165) is 29.4 Å². The van der Waals surface area contributed by atoms with Gasteiger partial charge in [0.05, 0.1) is 25.1 Å². The summed E-state index contributed by atoms with van der Waals surface area (Å²) in [7, 11) is 1.58. The summed E-state index contributed by atoms with van der Waals surface area (Å²) in [5, 5.41) is 10.6. The molecular formula is C30H33FN2O3. The minimum atomic E-state index is -1.20. The molecule has 1 fully saturated rings. The van der Waals surface area contributed by atoms with Gasteiger partial charge in [-0.3, -0.25) is 14.7 Å². The number of hydrogen-bond donors (Lipinski definition) is 1. The van der Waals surface area contributed by atoms with E-state index >= 15 is 4.39 Å². The first-order valence-corrected chi connectivity index (χ1v) is 12.4. The number of methoxy groups -OCH3 is 1. The molecule has 5 nitrogen and oxygen atoms in total. The van der Waals surface area contributed by atoms with Crippen molar-refractivity contribution >= 4 is 16.9 Å². The number of aromatic nitrogens is 1. The zero-order chi connectivity index (χ0) is 25.7. The number of alkyl halides is 1. The number of carboxylic acids is 1. The summed E-state index contributed by atoms with van der Waals surface area (Å²) in [5.74, 6) is 5.66. The van der Waals surface area contributed by atoms with Crippen LogP contribution < -0.4 is 4.74 Å². The zero-order valence-corrected chi connectivity index (χ0v) is 21.1. The molecule has 0 aliphatic carbocycles. The van der Waals surface area contributed by atoms with Crippen molar-refractivity contribution in [1.29, 1.82) is 0 Å². The molecule has 36 heavy (non-hydrogen) atoms. The molecule has 3 atom stereocenters. The van der Waals surface area contributed by atoms with E-state index in [4.69, 9.17) is 4.74 Å². The van der Waals surface area contributed by atoms with Crippen LogP contribution in [0.2, 0.25) is 0 Å². The second-order valence-corrected chi connectivity index (χ2v) is 9.73. The lowest BCUT2D eigenvalue weighted by molar-refractivity contribution is -0.146. The fraction of sp³-hybridized carbons (Fsp3) is 0.400. The Hall–Kier alpha value is -3.43. The molecule has 0 amide bonds. The van der Waals surface area contributed by atoms with E-state index in [2.05, 4.69) is 53.8 Å². The number of carbonyl (C=O) groups is 1. The van der Waals surface area contributed by atoms with Gasteiger partial charge < -0.3 is 9.84 Å². The second-order valence-electron chi connectivity index (χ2n) is 9.73. The third-order valence-corrected chi connectivity index (χ3v) is 7.03. The number of carboxylic acid groups (broad SMARTS) is 1. The number of fused-ring (bicyclic) bond motifs is 1. The highest BCUT2D eigenvalue weighted by atomic mass is 19.1. The average molecular weight is 489 g/mol. The lowest BCUT2D eigenvalue weighted by Gasteiger charge is -2.35. The molecule has 4 rings (SSSR count). The molecule has 6 heteroatoms. The number of rotatable bonds is 7. The Kier molecular flexibility index (Phi) is 8.22. The van der Waals surface area contributed by atoms with E-state index in [1.165, 1.54) is 11.1 Å². The van der Waals surface area contributed by atoms with Gasteiger partial charge in [0, 0.05) is 23.7 Å². The van der Waals surface area contributed by atoms with Crippen molar-refractivity contribution in [3.05, 3.63) is 70.9 Å². The maximum atomic E-state index is 15.4. The molecule has 2 aromatic carbocycles. The Morgan fingerprint density at radius 1 is 1.22 bits per heavy atom. The number of nitrogens with zero attached hydrogens (tertiary/aromatic N) is 2. The summed E-state index contributed by atoms with van der Waals surface area (Å²) in [6.45, 7) is 5.84. The molecule has 0 saturated carbocycles. The van der Waals surface area contributed by atoms with Crippen LogP contribution in [-0.2, 0) is 4.79 Å². The molecule has 1 aromatic heterocycles. The predicted octanol–water partition coefficient (Wildman–Crippen LogP) is 5.73. The number of hydrogen-bond acceptors (Lipinski definition) is 4. The van der Waals surface area contributed by atoms with Crippen LogP contribution in [0.3, 0.4) is 0 Å². The van der Waals surface area contributed by atoms with Gasteiger partial charge in [-0.2, -0.15) is 0 Å². The van der Waals surface area contributed by atoms with Crippen molar-refractivity contribution in [2.24, 2.45) is 11.8 Å². The van der Waals surface area contributed by atoms with Crippen LogP contribution >= 0.6 is 0 Å². The Balaban J connectivity index is 1.38. The normalized spacial score (nSPS) is 18.9. The number of halogens is 1. The van der Waals surface area contributed by atoms with Crippen LogP contribution in [0.1, 0.15) is 47.7 Å². The number of ether oxygens (including phenoxy) is 1. The number of aryl methyl sites for hydroxylation is 2. The van der Waals surface area contributed by atoms with Crippen molar-refractivity contribution < 1.29 is 19.0 Å². The first-order valence-electron chi connectivity index (χ1n) is 12.4. The summed E-state index contributed by atoms with van der Waals surface area (Å²) < 4.78 is 20.7. The summed E-state index contributed by atoms with van der Waals surface area (Å²) in [4.78, 5) is 18.5. The standard InChI is InChI=1S/C30H33FN2O3/c1-20-15-21(2)17-22(16-20)5-4-13-33-14-11-23(27(19-33)30(34)35)6-8-28(31)25-10-12-32-29-9-7-24(36-3)18-26(25)29/h7,9-10,12,15-18,23,27-28H,6,8,11,13-14,19H2,1-3H3,(H,34,35)/t23-,27+,28-/m1/s1. The summed E-state index contributed by atoms with van der Waals surface area (Å²) in [5.41, 5.74) is 4.62. The largest absolute Gasteiger partial charge is 0.497 e. The minimum absolute atomic E-state index is 0.0629. The fourth-order valence-electron chi connectivity index (χ4n) is 5.20. The molecule has 0 bridgehead atoms. The fourth-order valence-corrected chi connectivity index (χ4v) is 5.20. The van der Waals surface area contributed by atoms with Crippen LogP contribution in [-0.4, -0.2) is 47.7 Å². The summed E-state index contributed by atoms with van der Waals surface area (Å²) >= 11 is 0. The Bertz CT molecular complexity index is 1280. The van der Waals surface area contributed by atoms with Gasteiger partial charge in [0.15, 0.2) is 0 Å². The van der Waals surface area contributed by atoms with Crippen LogP contribution in [0.15, 0.2) is 48.7 Å². The molecule has 0 radical (unpaired) electrons. The zero-order valence-electron chi connectivity index (χ0n) is 21.1. The van der Waals surface area contributed by atoms with Crippen LogP contribution in [0.5, 0.6) is 5.75 Å².